The van der Waals surface area contributed by atoms with Crippen LogP contribution in [0.4, 0.5) is 15.8 Å². The fraction of sp³-hybridized carbons (Fsp3) is 0.211. The Labute approximate surface area is 159 Å². The first-order valence-electron chi connectivity index (χ1n) is 8.19. The van der Waals surface area contributed by atoms with Crippen molar-refractivity contribution in [3.63, 3.8) is 0 Å². The molecule has 2 aromatic rings. The minimum absolute atomic E-state index is 0.0232. The molecule has 0 radical (unpaired) electrons. The van der Waals surface area contributed by atoms with E-state index in [0.29, 0.717) is 0 Å². The summed E-state index contributed by atoms with van der Waals surface area (Å²) >= 11 is 0. The molecule has 0 saturated heterocycles. The van der Waals surface area contributed by atoms with E-state index in [1.165, 1.54) is 49.4 Å². The number of para-hydroxylation sites is 1. The maximum Gasteiger partial charge on any atom is 0.338 e. The Morgan fingerprint density at radius 2 is 2.00 bits per heavy atom. The van der Waals surface area contributed by atoms with Crippen LogP contribution in [0.3, 0.4) is 0 Å². The van der Waals surface area contributed by atoms with Gasteiger partial charge < -0.3 is 9.64 Å². The summed E-state index contributed by atoms with van der Waals surface area (Å²) in [6, 6.07) is 11.1. The zero-order chi connectivity index (χ0) is 20.7. The van der Waals surface area contributed by atoms with Gasteiger partial charge in [0.15, 0.2) is 6.61 Å². The van der Waals surface area contributed by atoms with Crippen LogP contribution in [-0.4, -0.2) is 30.0 Å². The first-order valence-corrected chi connectivity index (χ1v) is 8.19. The van der Waals surface area contributed by atoms with Crippen molar-refractivity contribution in [2.45, 2.75) is 13.3 Å². The van der Waals surface area contributed by atoms with Crippen LogP contribution in [0.15, 0.2) is 42.5 Å². The highest BCUT2D eigenvalue weighted by atomic mass is 19.1. The number of nitro benzene ring substituents is 1. The molecular formula is C19H16FN3O5. The van der Waals surface area contributed by atoms with Crippen LogP contribution in [0.25, 0.3) is 0 Å². The Hall–Kier alpha value is -3.80. The first kappa shape index (κ1) is 20.5. The second-order valence-electron chi connectivity index (χ2n) is 5.74. The number of nitriles is 1. The van der Waals surface area contributed by atoms with E-state index in [-0.39, 0.29) is 35.5 Å². The van der Waals surface area contributed by atoms with Gasteiger partial charge in [0.05, 0.1) is 28.7 Å². The van der Waals surface area contributed by atoms with Crippen molar-refractivity contribution < 1.29 is 23.6 Å². The molecule has 0 aliphatic rings. The molecule has 2 rings (SSSR count). The predicted molar refractivity (Wildman–Crippen MR) is 97.1 cm³/mol. The number of anilines is 1. The lowest BCUT2D eigenvalue weighted by molar-refractivity contribution is -0.385. The van der Waals surface area contributed by atoms with Crippen LogP contribution < -0.4 is 4.90 Å². The van der Waals surface area contributed by atoms with Gasteiger partial charge in [-0.15, -0.1) is 0 Å². The van der Waals surface area contributed by atoms with Crippen molar-refractivity contribution >= 4 is 23.3 Å². The molecule has 8 nitrogen and oxygen atoms in total. The molecule has 0 saturated carbocycles. The van der Waals surface area contributed by atoms with Crippen molar-refractivity contribution in [1.82, 2.24) is 0 Å². The van der Waals surface area contributed by atoms with Crippen molar-refractivity contribution in [3.05, 3.63) is 69.5 Å². The summed E-state index contributed by atoms with van der Waals surface area (Å²) in [4.78, 5) is 35.9. The number of nitrogens with zero attached hydrogens (tertiary/aromatic N) is 3. The van der Waals surface area contributed by atoms with Gasteiger partial charge in [-0.25, -0.2) is 9.18 Å². The number of hydrogen-bond acceptors (Lipinski definition) is 6. The number of amides is 1. The molecule has 0 heterocycles. The van der Waals surface area contributed by atoms with Crippen molar-refractivity contribution in [2.24, 2.45) is 0 Å². The number of hydrogen-bond donors (Lipinski definition) is 0. The minimum Gasteiger partial charge on any atom is -0.452 e. The van der Waals surface area contributed by atoms with Crippen LogP contribution in [0.1, 0.15) is 22.3 Å². The molecule has 2 aromatic carbocycles. The smallest absolute Gasteiger partial charge is 0.338 e. The van der Waals surface area contributed by atoms with Crippen LogP contribution in [0, 0.1) is 34.2 Å². The molecule has 28 heavy (non-hydrogen) atoms. The Morgan fingerprint density at radius 3 is 2.61 bits per heavy atom. The molecule has 0 aliphatic heterocycles. The minimum atomic E-state index is -0.847. The number of benzene rings is 2. The van der Waals surface area contributed by atoms with E-state index in [1.54, 1.807) is 0 Å². The Balaban J connectivity index is 2.10. The molecule has 1 amide bonds. The number of nitro groups is 1. The summed E-state index contributed by atoms with van der Waals surface area (Å²) in [7, 11) is 0. The molecule has 0 spiro atoms. The normalized spacial score (nSPS) is 10.0. The summed E-state index contributed by atoms with van der Waals surface area (Å²) in [5.41, 5.74) is 0.151. The molecule has 0 unspecified atom stereocenters. The summed E-state index contributed by atoms with van der Waals surface area (Å²) in [5.74, 6) is -2.20. The number of halogens is 1. The second kappa shape index (κ2) is 9.23. The van der Waals surface area contributed by atoms with E-state index < -0.39 is 29.2 Å². The number of ether oxygens (including phenoxy) is 1. The maximum absolute atomic E-state index is 14.0. The van der Waals surface area contributed by atoms with Gasteiger partial charge in [0.25, 0.3) is 11.6 Å². The number of rotatable bonds is 7. The maximum atomic E-state index is 14.0. The van der Waals surface area contributed by atoms with E-state index in [4.69, 9.17) is 10.00 Å². The van der Waals surface area contributed by atoms with E-state index >= 15 is 0 Å². The quantitative estimate of drug-likeness (QED) is 0.411. The summed E-state index contributed by atoms with van der Waals surface area (Å²) < 4.78 is 19.0. The summed E-state index contributed by atoms with van der Waals surface area (Å²) in [6.45, 7) is 0.737. The molecule has 0 N–H and O–H groups in total. The molecule has 0 aromatic heterocycles. The lowest BCUT2D eigenvalue weighted by Crippen LogP contribution is -2.36. The highest BCUT2D eigenvalue weighted by Gasteiger charge is 2.21. The average Bonchev–Trinajstić information content (AvgIpc) is 2.67. The topological polar surface area (TPSA) is 114 Å². The lowest BCUT2D eigenvalue weighted by atomic mass is 10.1. The summed E-state index contributed by atoms with van der Waals surface area (Å²) in [6.07, 6.45) is -0.0322. The van der Waals surface area contributed by atoms with Crippen LogP contribution in [0.2, 0.25) is 0 Å². The van der Waals surface area contributed by atoms with Crippen molar-refractivity contribution in [2.75, 3.05) is 18.1 Å². The van der Waals surface area contributed by atoms with Gasteiger partial charge in [-0.1, -0.05) is 12.1 Å². The number of carbonyl (C=O) groups excluding carboxylic acids is 2. The average molecular weight is 385 g/mol. The molecule has 0 atom stereocenters. The number of aryl methyl sites for hydroxylation is 1. The SMILES string of the molecule is Cc1cc(C(=O)OCC(=O)N(CCC#N)c2ccccc2F)ccc1[N+](=O)[O-]. The lowest BCUT2D eigenvalue weighted by Gasteiger charge is -2.22. The zero-order valence-corrected chi connectivity index (χ0v) is 14.9. The third-order valence-electron chi connectivity index (χ3n) is 3.85. The van der Waals surface area contributed by atoms with Crippen LogP contribution in [-0.2, 0) is 9.53 Å². The zero-order valence-electron chi connectivity index (χ0n) is 14.9. The van der Waals surface area contributed by atoms with Gasteiger partial charge in [-0.3, -0.25) is 14.9 Å². The number of esters is 1. The van der Waals surface area contributed by atoms with Crippen molar-refractivity contribution in [3.8, 4) is 6.07 Å². The van der Waals surface area contributed by atoms with Gasteiger partial charge >= 0.3 is 5.97 Å². The van der Waals surface area contributed by atoms with Gasteiger partial charge in [0.1, 0.15) is 5.82 Å². The molecule has 0 aliphatic carbocycles. The van der Waals surface area contributed by atoms with E-state index in [0.717, 1.165) is 4.90 Å². The fourth-order valence-corrected chi connectivity index (χ4v) is 2.49. The Bertz CT molecular complexity index is 955. The van der Waals surface area contributed by atoms with Gasteiger partial charge in [0.2, 0.25) is 0 Å². The van der Waals surface area contributed by atoms with E-state index in [9.17, 15) is 24.1 Å². The van der Waals surface area contributed by atoms with E-state index in [2.05, 4.69) is 0 Å². The highest BCUT2D eigenvalue weighted by molar-refractivity contribution is 5.97. The molecule has 0 bridgehead atoms. The van der Waals surface area contributed by atoms with Crippen molar-refractivity contribution in [1.29, 1.82) is 5.26 Å². The largest absolute Gasteiger partial charge is 0.452 e. The monoisotopic (exact) mass is 385 g/mol. The van der Waals surface area contributed by atoms with Gasteiger partial charge in [-0.05, 0) is 31.2 Å². The molecular weight excluding hydrogens is 369 g/mol. The molecule has 9 heteroatoms. The third kappa shape index (κ3) is 4.88. The fourth-order valence-electron chi connectivity index (χ4n) is 2.49. The Kier molecular flexibility index (Phi) is 6.76. The van der Waals surface area contributed by atoms with Crippen LogP contribution in [0.5, 0.6) is 0 Å². The third-order valence-corrected chi connectivity index (χ3v) is 3.85. The first-order chi connectivity index (χ1) is 13.3. The molecule has 144 valence electrons. The van der Waals surface area contributed by atoms with E-state index in [1.807, 2.05) is 6.07 Å². The van der Waals surface area contributed by atoms with Gasteiger partial charge in [0, 0.05) is 18.2 Å². The number of carbonyl (C=O) groups is 2. The highest BCUT2D eigenvalue weighted by Crippen LogP contribution is 2.21. The molecule has 0 fully saturated rings. The predicted octanol–water partition coefficient (Wildman–Crippen LogP) is 3.15. The summed E-state index contributed by atoms with van der Waals surface area (Å²) in [5, 5.41) is 19.6. The van der Waals surface area contributed by atoms with Gasteiger partial charge in [-0.2, -0.15) is 5.26 Å². The van der Waals surface area contributed by atoms with Crippen LogP contribution >= 0.6 is 0 Å². The Morgan fingerprint density at radius 1 is 1.29 bits per heavy atom. The standard InChI is InChI=1S/C19H16FN3O5/c1-13-11-14(7-8-16(13)23(26)27)19(25)28-12-18(24)22(10-4-9-21)17-6-3-2-5-15(17)20/h2-3,5-8,11H,4,10,12H2,1H3. The second-order valence-corrected chi connectivity index (χ2v) is 5.74.